The van der Waals surface area contributed by atoms with Gasteiger partial charge in [-0.2, -0.15) is 0 Å². The van der Waals surface area contributed by atoms with Crippen molar-refractivity contribution < 1.29 is 0 Å². The van der Waals surface area contributed by atoms with Crippen LogP contribution in [0.25, 0.3) is 0 Å². The zero-order valence-corrected chi connectivity index (χ0v) is 21.7. The van der Waals surface area contributed by atoms with E-state index in [2.05, 4.69) is 130 Å². The number of allylic oxidation sites excluding steroid dienone is 4. The number of rotatable bonds is 7. The highest BCUT2D eigenvalue weighted by atomic mass is 31.1. The molecular weight excluding hydrogens is 431 g/mol. The lowest BCUT2D eigenvalue weighted by Crippen LogP contribution is -2.29. The Morgan fingerprint density at radius 2 is 1.68 bits per heavy atom. The molecule has 0 N–H and O–H groups in total. The smallest absolute Gasteiger partial charge is 0.140 e. The van der Waals surface area contributed by atoms with E-state index in [1.165, 1.54) is 21.7 Å². The average molecular weight is 467 g/mol. The summed E-state index contributed by atoms with van der Waals surface area (Å²) in [5.74, 6) is 1.53. The molecule has 0 amide bonds. The van der Waals surface area contributed by atoms with E-state index in [4.69, 9.17) is 4.99 Å². The molecule has 2 nitrogen and oxygen atoms in total. The molecule has 3 heteroatoms. The lowest BCUT2D eigenvalue weighted by molar-refractivity contribution is 0.709. The molecule has 1 aliphatic carbocycles. The van der Waals surface area contributed by atoms with Crippen LogP contribution in [0.4, 0.5) is 5.69 Å². The van der Waals surface area contributed by atoms with E-state index in [9.17, 15) is 0 Å². The van der Waals surface area contributed by atoms with Crippen molar-refractivity contribution in [2.75, 3.05) is 7.05 Å². The summed E-state index contributed by atoms with van der Waals surface area (Å²) in [6.07, 6.45) is 10.1. The summed E-state index contributed by atoms with van der Waals surface area (Å²) in [5.41, 5.74) is 4.79. The number of nitrogens with zero attached hydrogens (tertiary/aromatic N) is 2. The van der Waals surface area contributed by atoms with Gasteiger partial charge in [-0.05, 0) is 42.6 Å². The molecular formula is C31H35N2P. The molecule has 3 aromatic carbocycles. The molecule has 34 heavy (non-hydrogen) atoms. The minimum absolute atomic E-state index is 0.505. The summed E-state index contributed by atoms with van der Waals surface area (Å²) in [4.78, 5) is 5.36. The van der Waals surface area contributed by atoms with E-state index >= 15 is 0 Å². The van der Waals surface area contributed by atoms with E-state index in [1.54, 1.807) is 0 Å². The summed E-state index contributed by atoms with van der Waals surface area (Å²) < 4.78 is 2.44. The molecule has 0 spiro atoms. The standard InChI is InChI=1S/C31H35N2P/c1-5-13-26-15-10-11-18-29(26)32-31(27-22-20-24(2)21-23-27)33(4)34(28-16-7-6-8-17-28)30-19-12-9-14-25(30)3/h6-12,15-23,25H,5,13-14H2,1-4H3. The fourth-order valence-electron chi connectivity index (χ4n) is 4.41. The van der Waals surface area contributed by atoms with Crippen molar-refractivity contribution >= 4 is 24.9 Å². The number of aryl methyl sites for hydroxylation is 2. The molecule has 0 aliphatic heterocycles. The highest BCUT2D eigenvalue weighted by Gasteiger charge is 2.28. The molecule has 0 aromatic heterocycles. The van der Waals surface area contributed by atoms with Crippen molar-refractivity contribution in [3.05, 3.63) is 119 Å². The van der Waals surface area contributed by atoms with Crippen molar-refractivity contribution in [2.45, 2.75) is 40.0 Å². The molecule has 0 radical (unpaired) electrons. The number of amidine groups is 1. The van der Waals surface area contributed by atoms with Gasteiger partial charge in [-0.1, -0.05) is 117 Å². The summed E-state index contributed by atoms with van der Waals surface area (Å²) in [5, 5.41) is 2.85. The van der Waals surface area contributed by atoms with Gasteiger partial charge in [-0.3, -0.25) is 0 Å². The Balaban J connectivity index is 1.88. The van der Waals surface area contributed by atoms with Crippen LogP contribution < -0.4 is 5.30 Å². The summed E-state index contributed by atoms with van der Waals surface area (Å²) in [7, 11) is 1.48. The molecule has 0 bridgehead atoms. The maximum atomic E-state index is 5.36. The molecule has 0 saturated carbocycles. The van der Waals surface area contributed by atoms with Crippen molar-refractivity contribution in [1.82, 2.24) is 4.67 Å². The molecule has 4 rings (SSSR count). The summed E-state index contributed by atoms with van der Waals surface area (Å²) in [6.45, 7) is 6.71. The van der Waals surface area contributed by atoms with Crippen LogP contribution in [0.3, 0.4) is 0 Å². The van der Waals surface area contributed by atoms with Gasteiger partial charge in [0.2, 0.25) is 0 Å². The first kappa shape index (κ1) is 24.2. The highest BCUT2D eigenvalue weighted by molar-refractivity contribution is 7.68. The van der Waals surface area contributed by atoms with Crippen molar-refractivity contribution in [2.24, 2.45) is 10.9 Å². The largest absolute Gasteiger partial charge is 0.331 e. The van der Waals surface area contributed by atoms with Gasteiger partial charge in [0.25, 0.3) is 0 Å². The quantitative estimate of drug-likeness (QED) is 0.195. The van der Waals surface area contributed by atoms with Crippen LogP contribution in [0.5, 0.6) is 0 Å². The Morgan fingerprint density at radius 1 is 0.971 bits per heavy atom. The van der Waals surface area contributed by atoms with E-state index in [1.807, 2.05) is 0 Å². The minimum atomic E-state index is -0.746. The number of aliphatic imine (C=N–C) groups is 1. The van der Waals surface area contributed by atoms with Gasteiger partial charge in [-0.25, -0.2) is 4.99 Å². The first-order valence-corrected chi connectivity index (χ1v) is 13.6. The third kappa shape index (κ3) is 5.57. The number of hydrogen-bond donors (Lipinski definition) is 0. The summed E-state index contributed by atoms with van der Waals surface area (Å²) >= 11 is 0. The maximum absolute atomic E-state index is 5.36. The van der Waals surface area contributed by atoms with Crippen LogP contribution in [-0.2, 0) is 6.42 Å². The Morgan fingerprint density at radius 3 is 2.38 bits per heavy atom. The Kier molecular flexibility index (Phi) is 8.14. The minimum Gasteiger partial charge on any atom is -0.331 e. The highest BCUT2D eigenvalue weighted by Crippen LogP contribution is 2.52. The van der Waals surface area contributed by atoms with E-state index in [0.29, 0.717) is 5.92 Å². The van der Waals surface area contributed by atoms with Crippen LogP contribution in [-0.4, -0.2) is 17.6 Å². The lowest BCUT2D eigenvalue weighted by Gasteiger charge is -2.36. The lowest BCUT2D eigenvalue weighted by atomic mass is 10.0. The van der Waals surface area contributed by atoms with Gasteiger partial charge in [0.15, 0.2) is 0 Å². The predicted octanol–water partition coefficient (Wildman–Crippen LogP) is 8.16. The molecule has 1 aliphatic rings. The fourth-order valence-corrected chi connectivity index (χ4v) is 6.96. The number of benzene rings is 3. The molecule has 3 aromatic rings. The van der Waals surface area contributed by atoms with E-state index in [-0.39, 0.29) is 0 Å². The second-order valence-electron chi connectivity index (χ2n) is 9.01. The van der Waals surface area contributed by atoms with Crippen LogP contribution in [0.1, 0.15) is 43.4 Å². The molecule has 0 heterocycles. The van der Waals surface area contributed by atoms with Gasteiger partial charge in [-0.15, -0.1) is 0 Å². The average Bonchev–Trinajstić information content (AvgIpc) is 2.86. The van der Waals surface area contributed by atoms with Crippen LogP contribution >= 0.6 is 8.07 Å². The second-order valence-corrected chi connectivity index (χ2v) is 11.3. The van der Waals surface area contributed by atoms with Crippen LogP contribution in [0.15, 0.2) is 107 Å². The monoisotopic (exact) mass is 466 g/mol. The van der Waals surface area contributed by atoms with E-state index in [0.717, 1.165) is 36.3 Å². The number of para-hydroxylation sites is 1. The molecule has 2 atom stereocenters. The van der Waals surface area contributed by atoms with E-state index < -0.39 is 8.07 Å². The van der Waals surface area contributed by atoms with Crippen molar-refractivity contribution in [1.29, 1.82) is 0 Å². The Hall–Kier alpha value is -2.96. The fraction of sp³-hybridized carbons (Fsp3) is 0.258. The van der Waals surface area contributed by atoms with Crippen molar-refractivity contribution in [3.8, 4) is 0 Å². The second kappa shape index (κ2) is 11.4. The van der Waals surface area contributed by atoms with Gasteiger partial charge in [0.05, 0.1) is 13.8 Å². The third-order valence-electron chi connectivity index (χ3n) is 6.30. The van der Waals surface area contributed by atoms with Gasteiger partial charge in [0.1, 0.15) is 5.84 Å². The van der Waals surface area contributed by atoms with Gasteiger partial charge >= 0.3 is 0 Å². The number of hydrogen-bond acceptors (Lipinski definition) is 1. The molecule has 2 unspecified atom stereocenters. The Bertz CT molecular complexity index is 1180. The molecule has 0 saturated heterocycles. The van der Waals surface area contributed by atoms with Crippen LogP contribution in [0.2, 0.25) is 0 Å². The summed E-state index contributed by atoms with van der Waals surface area (Å²) in [6, 6.07) is 28.3. The topological polar surface area (TPSA) is 15.6 Å². The van der Waals surface area contributed by atoms with Gasteiger partial charge in [0, 0.05) is 17.9 Å². The predicted molar refractivity (Wildman–Crippen MR) is 150 cm³/mol. The maximum Gasteiger partial charge on any atom is 0.140 e. The normalized spacial score (nSPS) is 16.8. The first-order valence-electron chi connectivity index (χ1n) is 12.3. The Labute approximate surface area is 206 Å². The molecule has 0 fully saturated rings. The van der Waals surface area contributed by atoms with Crippen LogP contribution in [0, 0.1) is 12.8 Å². The van der Waals surface area contributed by atoms with Gasteiger partial charge < -0.3 is 4.67 Å². The zero-order chi connectivity index (χ0) is 23.9. The zero-order valence-electron chi connectivity index (χ0n) is 20.8. The third-order valence-corrected chi connectivity index (χ3v) is 8.95. The molecule has 174 valence electrons. The first-order chi connectivity index (χ1) is 16.6. The van der Waals surface area contributed by atoms with Crippen molar-refractivity contribution in [3.63, 3.8) is 0 Å². The SMILES string of the molecule is CCCc1ccccc1N=C(c1ccc(C)cc1)N(C)P(C1=CC=CCC1C)c1ccccc1.